The first kappa shape index (κ1) is 18.1. The Bertz CT molecular complexity index is 984. The highest BCUT2D eigenvalue weighted by atomic mass is 35.5. The fraction of sp³-hybridized carbons (Fsp3) is 0.250. The van der Waals surface area contributed by atoms with Gasteiger partial charge >= 0.3 is 7.05 Å². The largest absolute Gasteiger partial charge is 0.437 e. The first-order valence-corrected chi connectivity index (χ1v) is 9.43. The standard InChI is InChI=1S/C20H22BClN4O/c1-12-4-3-5-17(22)20(12)13-6-14-9-24-19(23)8-16(14)18(7-13)25-15-10-26(11-15)21(2)27/h3-9,15,25,27H,10-11H2,1-2H3,(H2,23,24). The smallest absolute Gasteiger partial charge is 0.376 e. The number of hydrogen-bond donors (Lipinski definition) is 3. The van der Waals surface area contributed by atoms with Gasteiger partial charge in [-0.1, -0.05) is 23.7 Å². The number of anilines is 2. The summed E-state index contributed by atoms with van der Waals surface area (Å²) in [6.07, 6.45) is 1.80. The zero-order valence-electron chi connectivity index (χ0n) is 15.4. The average Bonchev–Trinajstić information content (AvgIpc) is 2.57. The van der Waals surface area contributed by atoms with Crippen molar-refractivity contribution in [2.24, 2.45) is 0 Å². The summed E-state index contributed by atoms with van der Waals surface area (Å²) in [6, 6.07) is 12.3. The molecule has 4 N–H and O–H groups in total. The number of benzene rings is 2. The minimum absolute atomic E-state index is 0.278. The van der Waals surface area contributed by atoms with Gasteiger partial charge in [-0.3, -0.25) is 0 Å². The van der Waals surface area contributed by atoms with E-state index in [-0.39, 0.29) is 6.04 Å². The molecule has 1 aliphatic rings. The third-order valence-corrected chi connectivity index (χ3v) is 5.48. The lowest BCUT2D eigenvalue weighted by atomic mass is 9.80. The highest BCUT2D eigenvalue weighted by Gasteiger charge is 2.31. The lowest BCUT2D eigenvalue weighted by molar-refractivity contribution is 0.248. The van der Waals surface area contributed by atoms with E-state index in [1.807, 2.05) is 23.0 Å². The topological polar surface area (TPSA) is 74.4 Å². The van der Waals surface area contributed by atoms with E-state index >= 15 is 0 Å². The molecular weight excluding hydrogens is 359 g/mol. The first-order chi connectivity index (χ1) is 12.9. The van der Waals surface area contributed by atoms with Crippen LogP contribution in [0.2, 0.25) is 11.8 Å². The minimum Gasteiger partial charge on any atom is -0.437 e. The number of nitrogens with zero attached hydrogens (tertiary/aromatic N) is 2. The second-order valence-electron chi connectivity index (χ2n) is 7.21. The van der Waals surface area contributed by atoms with Crippen LogP contribution in [-0.2, 0) is 0 Å². The minimum atomic E-state index is -0.420. The van der Waals surface area contributed by atoms with Crippen molar-refractivity contribution in [3.63, 3.8) is 0 Å². The van der Waals surface area contributed by atoms with E-state index in [0.717, 1.165) is 51.3 Å². The van der Waals surface area contributed by atoms with Crippen LogP contribution in [0.3, 0.4) is 0 Å². The Morgan fingerprint density at radius 3 is 2.78 bits per heavy atom. The van der Waals surface area contributed by atoms with Gasteiger partial charge in [0.1, 0.15) is 5.82 Å². The normalized spacial score (nSPS) is 15.0. The third-order valence-electron chi connectivity index (χ3n) is 5.17. The quantitative estimate of drug-likeness (QED) is 0.602. The maximum atomic E-state index is 9.68. The summed E-state index contributed by atoms with van der Waals surface area (Å²) in [5.74, 6) is 0.492. The maximum absolute atomic E-state index is 9.68. The van der Waals surface area contributed by atoms with Gasteiger partial charge in [0.2, 0.25) is 0 Å². The predicted octanol–water partition coefficient (Wildman–Crippen LogP) is 3.65. The summed E-state index contributed by atoms with van der Waals surface area (Å²) < 4.78 is 0. The van der Waals surface area contributed by atoms with Crippen LogP contribution in [0.4, 0.5) is 11.5 Å². The van der Waals surface area contributed by atoms with Crippen LogP contribution in [0, 0.1) is 6.92 Å². The van der Waals surface area contributed by atoms with Gasteiger partial charge in [0.15, 0.2) is 0 Å². The van der Waals surface area contributed by atoms with E-state index in [1.165, 1.54) is 0 Å². The van der Waals surface area contributed by atoms with Crippen molar-refractivity contribution in [2.45, 2.75) is 19.8 Å². The average molecular weight is 381 g/mol. The number of halogens is 1. The molecule has 0 radical (unpaired) electrons. The van der Waals surface area contributed by atoms with E-state index in [4.69, 9.17) is 17.3 Å². The molecule has 0 spiro atoms. The molecule has 0 amide bonds. The molecule has 0 atom stereocenters. The number of fused-ring (bicyclic) bond motifs is 1. The molecule has 138 valence electrons. The summed E-state index contributed by atoms with van der Waals surface area (Å²) in [7, 11) is -0.420. The lowest BCUT2D eigenvalue weighted by Gasteiger charge is -2.41. The lowest BCUT2D eigenvalue weighted by Crippen LogP contribution is -2.59. The number of pyridine rings is 1. The van der Waals surface area contributed by atoms with Crippen LogP contribution in [-0.4, -0.2) is 41.0 Å². The summed E-state index contributed by atoms with van der Waals surface area (Å²) >= 11 is 6.50. The van der Waals surface area contributed by atoms with Gasteiger partial charge < -0.3 is 20.9 Å². The Kier molecular flexibility index (Phi) is 4.72. The molecule has 0 unspecified atom stereocenters. The fourth-order valence-electron chi connectivity index (χ4n) is 3.66. The van der Waals surface area contributed by atoms with Crippen LogP contribution < -0.4 is 11.1 Å². The first-order valence-electron chi connectivity index (χ1n) is 9.06. The Morgan fingerprint density at radius 1 is 1.30 bits per heavy atom. The molecule has 1 aliphatic heterocycles. The molecule has 3 aromatic rings. The third kappa shape index (κ3) is 3.48. The van der Waals surface area contributed by atoms with Crippen molar-refractivity contribution in [3.05, 3.63) is 53.2 Å². The summed E-state index contributed by atoms with van der Waals surface area (Å²) in [4.78, 5) is 6.26. The van der Waals surface area contributed by atoms with E-state index in [2.05, 4.69) is 35.4 Å². The van der Waals surface area contributed by atoms with Crippen molar-refractivity contribution in [2.75, 3.05) is 24.1 Å². The predicted molar refractivity (Wildman–Crippen MR) is 114 cm³/mol. The van der Waals surface area contributed by atoms with Gasteiger partial charge in [-0.05, 0) is 49.1 Å². The Balaban J connectivity index is 1.78. The fourth-order valence-corrected chi connectivity index (χ4v) is 3.99. The molecule has 2 aromatic carbocycles. The summed E-state index contributed by atoms with van der Waals surface area (Å²) in [5.41, 5.74) is 10.1. The molecular formula is C20H22BClN4O. The molecule has 1 saturated heterocycles. The van der Waals surface area contributed by atoms with Crippen molar-refractivity contribution in [1.82, 2.24) is 9.79 Å². The molecule has 2 heterocycles. The number of hydrogen-bond acceptors (Lipinski definition) is 5. The van der Waals surface area contributed by atoms with E-state index < -0.39 is 7.05 Å². The second kappa shape index (κ2) is 7.04. The molecule has 0 saturated carbocycles. The molecule has 0 bridgehead atoms. The van der Waals surface area contributed by atoms with Crippen molar-refractivity contribution in [3.8, 4) is 11.1 Å². The van der Waals surface area contributed by atoms with Crippen molar-refractivity contribution >= 4 is 40.9 Å². The molecule has 7 heteroatoms. The van der Waals surface area contributed by atoms with Crippen molar-refractivity contribution < 1.29 is 5.02 Å². The number of aromatic nitrogens is 1. The van der Waals surface area contributed by atoms with Gasteiger partial charge in [0.05, 0.1) is 0 Å². The van der Waals surface area contributed by atoms with Crippen LogP contribution in [0.15, 0.2) is 42.6 Å². The van der Waals surface area contributed by atoms with Crippen LogP contribution in [0.5, 0.6) is 0 Å². The van der Waals surface area contributed by atoms with Gasteiger partial charge in [-0.25, -0.2) is 4.98 Å². The number of rotatable bonds is 4. The highest BCUT2D eigenvalue weighted by molar-refractivity contribution is 6.45. The van der Waals surface area contributed by atoms with Gasteiger partial charge in [-0.2, -0.15) is 0 Å². The monoisotopic (exact) mass is 380 g/mol. The number of nitrogens with one attached hydrogen (secondary N) is 1. The molecule has 5 nitrogen and oxygen atoms in total. The van der Waals surface area contributed by atoms with Crippen LogP contribution >= 0.6 is 11.6 Å². The summed E-state index contributed by atoms with van der Waals surface area (Å²) in [6.45, 7) is 5.45. The van der Waals surface area contributed by atoms with E-state index in [1.54, 1.807) is 13.0 Å². The van der Waals surface area contributed by atoms with Crippen molar-refractivity contribution in [1.29, 1.82) is 0 Å². The van der Waals surface area contributed by atoms with Gasteiger partial charge in [0, 0.05) is 52.4 Å². The van der Waals surface area contributed by atoms with Crippen LogP contribution in [0.1, 0.15) is 5.56 Å². The number of nitrogens with two attached hydrogens (primary N) is 1. The zero-order valence-corrected chi connectivity index (χ0v) is 16.2. The molecule has 4 rings (SSSR count). The second-order valence-corrected chi connectivity index (χ2v) is 7.62. The highest BCUT2D eigenvalue weighted by Crippen LogP contribution is 2.37. The van der Waals surface area contributed by atoms with Gasteiger partial charge in [0.25, 0.3) is 0 Å². The Hall–Kier alpha value is -2.28. The zero-order chi connectivity index (χ0) is 19.1. The molecule has 27 heavy (non-hydrogen) atoms. The molecule has 0 aliphatic carbocycles. The molecule has 1 aromatic heterocycles. The number of aryl methyl sites for hydroxylation is 1. The molecule has 1 fully saturated rings. The Morgan fingerprint density at radius 2 is 2.07 bits per heavy atom. The Labute approximate surface area is 164 Å². The summed E-state index contributed by atoms with van der Waals surface area (Å²) in [5, 5.41) is 16.1. The maximum Gasteiger partial charge on any atom is 0.376 e. The number of nitrogen functional groups attached to an aromatic ring is 1. The van der Waals surface area contributed by atoms with Crippen LogP contribution in [0.25, 0.3) is 21.9 Å². The van der Waals surface area contributed by atoms with E-state index in [0.29, 0.717) is 5.82 Å². The van der Waals surface area contributed by atoms with Gasteiger partial charge in [-0.15, -0.1) is 0 Å². The van der Waals surface area contributed by atoms with E-state index in [9.17, 15) is 5.02 Å². The SMILES string of the molecule is CB(O)N1CC(Nc2cc(-c3c(C)cccc3Cl)cc3cnc(N)cc23)C1.